The van der Waals surface area contributed by atoms with Gasteiger partial charge in [0.2, 0.25) is 6.79 Å². The molecular formula is C20H27IN6O2S. The summed E-state index contributed by atoms with van der Waals surface area (Å²) in [5.41, 5.74) is 7.65. The minimum atomic E-state index is 0. The lowest BCUT2D eigenvalue weighted by atomic mass is 9.97. The Morgan fingerprint density at radius 3 is 2.70 bits per heavy atom. The molecule has 0 spiro atoms. The molecular weight excluding hydrogens is 515 g/mol. The molecule has 8 nitrogen and oxygen atoms in total. The van der Waals surface area contributed by atoms with Crippen LogP contribution < -0.4 is 20.5 Å². The number of benzene rings is 1. The van der Waals surface area contributed by atoms with Crippen LogP contribution in [-0.2, 0) is 6.54 Å². The molecule has 0 fully saturated rings. The number of nitrogens with zero attached hydrogens (tertiary/aromatic N) is 4. The Morgan fingerprint density at radius 2 is 1.97 bits per heavy atom. The Bertz CT molecular complexity index is 1050. The second-order valence-electron chi connectivity index (χ2n) is 7.95. The van der Waals surface area contributed by atoms with Crippen molar-refractivity contribution in [1.29, 1.82) is 0 Å². The van der Waals surface area contributed by atoms with Crippen molar-refractivity contribution in [2.75, 3.05) is 25.6 Å². The van der Waals surface area contributed by atoms with E-state index in [1.54, 1.807) is 11.8 Å². The van der Waals surface area contributed by atoms with Gasteiger partial charge in [-0.05, 0) is 40.1 Å². The van der Waals surface area contributed by atoms with Gasteiger partial charge in [-0.25, -0.2) is 15.0 Å². The number of fused-ring (bicyclic) bond motifs is 2. The highest BCUT2D eigenvalue weighted by Crippen LogP contribution is 2.41. The quantitative estimate of drug-likeness (QED) is 0.354. The van der Waals surface area contributed by atoms with E-state index in [1.165, 1.54) is 6.33 Å². The molecule has 3 N–H and O–H groups in total. The van der Waals surface area contributed by atoms with Crippen LogP contribution in [0.4, 0.5) is 5.82 Å². The molecule has 0 amide bonds. The number of anilines is 1. The third-order valence-electron chi connectivity index (χ3n) is 4.32. The highest BCUT2D eigenvalue weighted by Gasteiger charge is 2.21. The maximum atomic E-state index is 6.06. The van der Waals surface area contributed by atoms with Crippen molar-refractivity contribution in [1.82, 2.24) is 24.8 Å². The minimum absolute atomic E-state index is 0. The predicted octanol–water partition coefficient (Wildman–Crippen LogP) is 4.16. The number of nitrogen functional groups attached to an aromatic ring is 1. The topological polar surface area (TPSA) is 100 Å². The molecule has 3 aromatic rings. The smallest absolute Gasteiger partial charge is 0.231 e. The lowest BCUT2D eigenvalue weighted by molar-refractivity contribution is 0.174. The predicted molar refractivity (Wildman–Crippen MR) is 128 cm³/mol. The summed E-state index contributed by atoms with van der Waals surface area (Å²) in [7, 11) is 0. The number of nitrogens with one attached hydrogen (secondary N) is 1. The molecule has 162 valence electrons. The lowest BCUT2D eigenvalue weighted by Crippen LogP contribution is -2.29. The number of rotatable bonds is 6. The van der Waals surface area contributed by atoms with Gasteiger partial charge in [-0.15, -0.1) is 0 Å². The average Bonchev–Trinajstić information content (AvgIpc) is 3.23. The molecule has 0 radical (unpaired) electrons. The summed E-state index contributed by atoms with van der Waals surface area (Å²) in [5, 5.41) is 4.33. The largest absolute Gasteiger partial charge is 0.454 e. The van der Waals surface area contributed by atoms with E-state index in [0.29, 0.717) is 11.3 Å². The van der Waals surface area contributed by atoms with Gasteiger partial charge in [0.15, 0.2) is 33.6 Å². The van der Waals surface area contributed by atoms with Gasteiger partial charge >= 0.3 is 0 Å². The standard InChI is InChI=1S/C19H23IN6O2S.CH4/c1-19(2,3)8-22-4-5-26-17-15(16(21)23-9-24-17)25-18(26)29-14-7-13-12(6-11(14)20)27-10-28-13;/h6-7,9,22H,4-5,8,10H2,1-3H3,(H2,21,23,24);1H4. The summed E-state index contributed by atoms with van der Waals surface area (Å²) in [6, 6.07) is 3.97. The van der Waals surface area contributed by atoms with Gasteiger partial charge in [0.1, 0.15) is 6.33 Å². The first-order valence-corrected chi connectivity index (χ1v) is 11.2. The zero-order valence-electron chi connectivity index (χ0n) is 16.5. The molecule has 1 aromatic carbocycles. The van der Waals surface area contributed by atoms with Crippen LogP contribution in [0.25, 0.3) is 11.2 Å². The molecule has 0 saturated carbocycles. The van der Waals surface area contributed by atoms with Crippen LogP contribution >= 0.6 is 34.4 Å². The Kier molecular flexibility index (Phi) is 6.98. The zero-order valence-corrected chi connectivity index (χ0v) is 19.5. The highest BCUT2D eigenvalue weighted by atomic mass is 127. The fraction of sp³-hybridized carbons (Fsp3) is 0.450. The van der Waals surface area contributed by atoms with Crippen molar-refractivity contribution in [2.45, 2.75) is 44.8 Å². The van der Waals surface area contributed by atoms with E-state index in [1.807, 2.05) is 12.1 Å². The fourth-order valence-electron chi connectivity index (χ4n) is 2.94. The lowest BCUT2D eigenvalue weighted by Gasteiger charge is -2.19. The van der Waals surface area contributed by atoms with E-state index >= 15 is 0 Å². The molecule has 3 heterocycles. The third-order valence-corrected chi connectivity index (χ3v) is 6.63. The van der Waals surface area contributed by atoms with Crippen molar-refractivity contribution in [2.24, 2.45) is 5.41 Å². The van der Waals surface area contributed by atoms with Gasteiger partial charge in [0.05, 0.1) is 0 Å². The highest BCUT2D eigenvalue weighted by molar-refractivity contribution is 14.1. The molecule has 30 heavy (non-hydrogen) atoms. The SMILES string of the molecule is C.CC(C)(C)CNCCn1c(Sc2cc3c(cc2I)OCO3)nc2c(N)ncnc21. The van der Waals surface area contributed by atoms with Crippen molar-refractivity contribution in [3.63, 3.8) is 0 Å². The first kappa shape index (κ1) is 22.9. The van der Waals surface area contributed by atoms with Crippen LogP contribution in [0.1, 0.15) is 28.2 Å². The maximum Gasteiger partial charge on any atom is 0.231 e. The molecule has 10 heteroatoms. The van der Waals surface area contributed by atoms with Crippen molar-refractivity contribution in [3.8, 4) is 11.5 Å². The molecule has 0 atom stereocenters. The van der Waals surface area contributed by atoms with E-state index in [0.717, 1.165) is 50.4 Å². The first-order chi connectivity index (χ1) is 13.8. The van der Waals surface area contributed by atoms with Crippen molar-refractivity contribution in [3.05, 3.63) is 22.0 Å². The van der Waals surface area contributed by atoms with Crippen LogP contribution in [0.5, 0.6) is 11.5 Å². The van der Waals surface area contributed by atoms with Crippen LogP contribution in [0.2, 0.25) is 0 Å². The molecule has 1 aliphatic rings. The van der Waals surface area contributed by atoms with Crippen molar-refractivity contribution >= 4 is 51.3 Å². The van der Waals surface area contributed by atoms with E-state index in [-0.39, 0.29) is 19.6 Å². The number of hydrogen-bond acceptors (Lipinski definition) is 8. The third kappa shape index (κ3) is 4.92. The van der Waals surface area contributed by atoms with Crippen LogP contribution in [0.15, 0.2) is 28.5 Å². The van der Waals surface area contributed by atoms with E-state index in [9.17, 15) is 0 Å². The summed E-state index contributed by atoms with van der Waals surface area (Å²) >= 11 is 3.86. The number of imidazole rings is 1. The van der Waals surface area contributed by atoms with Crippen LogP contribution in [0, 0.1) is 8.99 Å². The Hall–Kier alpha value is -1.79. The summed E-state index contributed by atoms with van der Waals surface area (Å²) in [4.78, 5) is 14.3. The summed E-state index contributed by atoms with van der Waals surface area (Å²) in [6.07, 6.45) is 1.48. The van der Waals surface area contributed by atoms with Gasteiger partial charge < -0.3 is 25.1 Å². The number of halogens is 1. The average molecular weight is 542 g/mol. The maximum absolute atomic E-state index is 6.06. The molecule has 2 aromatic heterocycles. The minimum Gasteiger partial charge on any atom is -0.454 e. The molecule has 0 saturated heterocycles. The van der Waals surface area contributed by atoms with E-state index in [4.69, 9.17) is 20.2 Å². The molecule has 4 rings (SSSR count). The fourth-order valence-corrected chi connectivity index (χ4v) is 4.66. The number of nitrogens with two attached hydrogens (primary N) is 1. The number of hydrogen-bond donors (Lipinski definition) is 2. The summed E-state index contributed by atoms with van der Waals surface area (Å²) < 4.78 is 14.2. The second-order valence-corrected chi connectivity index (χ2v) is 10.1. The van der Waals surface area contributed by atoms with Crippen LogP contribution in [0.3, 0.4) is 0 Å². The molecule has 0 unspecified atom stereocenters. The second kappa shape index (κ2) is 9.15. The summed E-state index contributed by atoms with van der Waals surface area (Å²) in [5.74, 6) is 1.91. The number of ether oxygens (including phenoxy) is 2. The van der Waals surface area contributed by atoms with E-state index < -0.39 is 0 Å². The molecule has 0 bridgehead atoms. The van der Waals surface area contributed by atoms with Gasteiger partial charge in [-0.3, -0.25) is 0 Å². The summed E-state index contributed by atoms with van der Waals surface area (Å²) in [6.45, 7) is 9.35. The van der Waals surface area contributed by atoms with Crippen LogP contribution in [-0.4, -0.2) is 39.4 Å². The number of aromatic nitrogens is 4. The zero-order chi connectivity index (χ0) is 20.6. The van der Waals surface area contributed by atoms with Gasteiger partial charge in [-0.1, -0.05) is 40.0 Å². The molecule has 0 aliphatic carbocycles. The van der Waals surface area contributed by atoms with Gasteiger partial charge in [0.25, 0.3) is 0 Å². The Labute approximate surface area is 194 Å². The molecule has 1 aliphatic heterocycles. The Balaban J connectivity index is 0.00000256. The van der Waals surface area contributed by atoms with Gasteiger partial charge in [-0.2, -0.15) is 0 Å². The monoisotopic (exact) mass is 542 g/mol. The normalized spacial score (nSPS) is 12.9. The van der Waals surface area contributed by atoms with Gasteiger partial charge in [0, 0.05) is 28.1 Å². The first-order valence-electron chi connectivity index (χ1n) is 9.26. The van der Waals surface area contributed by atoms with Crippen molar-refractivity contribution < 1.29 is 9.47 Å². The Morgan fingerprint density at radius 1 is 1.23 bits per heavy atom. The van der Waals surface area contributed by atoms with E-state index in [2.05, 4.69) is 63.2 Å².